The van der Waals surface area contributed by atoms with Gasteiger partial charge in [0.25, 0.3) is 0 Å². The van der Waals surface area contributed by atoms with Crippen molar-refractivity contribution in [3.63, 3.8) is 0 Å². The van der Waals surface area contributed by atoms with Crippen LogP contribution in [0.4, 0.5) is 0 Å². The molecule has 1 aliphatic heterocycles. The van der Waals surface area contributed by atoms with Crippen LogP contribution in [0, 0.1) is 11.8 Å². The summed E-state index contributed by atoms with van der Waals surface area (Å²) >= 11 is 1.76. The number of hydrogen-bond donors (Lipinski definition) is 2. The van der Waals surface area contributed by atoms with Crippen molar-refractivity contribution in [2.75, 3.05) is 19.6 Å². The summed E-state index contributed by atoms with van der Waals surface area (Å²) in [6.45, 7) is 9.63. The van der Waals surface area contributed by atoms with Crippen LogP contribution >= 0.6 is 11.3 Å². The number of nitrogens with one attached hydrogen (secondary N) is 2. The van der Waals surface area contributed by atoms with E-state index in [0.717, 1.165) is 51.3 Å². The normalized spacial score (nSPS) is 20.9. The molecule has 7 heteroatoms. The molecule has 0 spiro atoms. The number of nitrogens with zero attached hydrogens (tertiary/aromatic N) is 3. The highest BCUT2D eigenvalue weighted by Gasteiger charge is 2.32. The lowest BCUT2D eigenvalue weighted by molar-refractivity contribution is -0.134. The van der Waals surface area contributed by atoms with Gasteiger partial charge in [-0.15, -0.1) is 11.3 Å². The first-order chi connectivity index (χ1) is 13.5. The molecule has 6 nitrogen and oxygen atoms in total. The molecule has 1 aromatic heterocycles. The van der Waals surface area contributed by atoms with Crippen molar-refractivity contribution < 1.29 is 4.79 Å². The minimum Gasteiger partial charge on any atom is -0.357 e. The van der Waals surface area contributed by atoms with Crippen molar-refractivity contribution in [3.8, 4) is 0 Å². The van der Waals surface area contributed by atoms with Crippen molar-refractivity contribution in [2.24, 2.45) is 16.8 Å². The van der Waals surface area contributed by atoms with Gasteiger partial charge in [0.15, 0.2) is 5.96 Å². The summed E-state index contributed by atoms with van der Waals surface area (Å²) in [6.07, 6.45) is 8.53. The largest absolute Gasteiger partial charge is 0.357 e. The molecule has 2 heterocycles. The van der Waals surface area contributed by atoms with Gasteiger partial charge in [0.05, 0.1) is 11.6 Å². The highest BCUT2D eigenvalue weighted by molar-refractivity contribution is 7.11. The third kappa shape index (κ3) is 5.93. The molecule has 1 amide bonds. The molecule has 156 valence electrons. The predicted molar refractivity (Wildman–Crippen MR) is 116 cm³/mol. The van der Waals surface area contributed by atoms with Crippen molar-refractivity contribution in [1.82, 2.24) is 20.5 Å². The number of guanidine groups is 1. The molecule has 1 atom stereocenters. The molecule has 0 aromatic carbocycles. The van der Waals surface area contributed by atoms with Crippen LogP contribution < -0.4 is 10.6 Å². The third-order valence-corrected chi connectivity index (χ3v) is 6.47. The highest BCUT2D eigenvalue weighted by Crippen LogP contribution is 2.27. The lowest BCUT2D eigenvalue weighted by atomic mass is 10.1. The molecule has 1 saturated heterocycles. The molecular formula is C21H35N5OS. The van der Waals surface area contributed by atoms with E-state index in [1.165, 1.54) is 22.7 Å². The molecule has 2 aliphatic rings. The number of aromatic nitrogens is 1. The van der Waals surface area contributed by atoms with Crippen LogP contribution in [0.3, 0.4) is 0 Å². The molecular weight excluding hydrogens is 370 g/mol. The van der Waals surface area contributed by atoms with Crippen LogP contribution in [0.1, 0.15) is 62.8 Å². The minimum atomic E-state index is 0.270. The Balaban J connectivity index is 1.52. The molecule has 0 bridgehead atoms. The van der Waals surface area contributed by atoms with Crippen LogP contribution in [0.15, 0.2) is 11.2 Å². The summed E-state index contributed by atoms with van der Waals surface area (Å²) in [5, 5.41) is 8.06. The Hall–Kier alpha value is -1.63. The Labute approximate surface area is 173 Å². The number of rotatable bonds is 7. The Bertz CT molecular complexity index is 666. The van der Waals surface area contributed by atoms with Crippen molar-refractivity contribution in [3.05, 3.63) is 16.1 Å². The fourth-order valence-corrected chi connectivity index (χ4v) is 5.10. The van der Waals surface area contributed by atoms with Crippen LogP contribution in [-0.4, -0.2) is 47.4 Å². The van der Waals surface area contributed by atoms with E-state index in [1.54, 1.807) is 11.3 Å². The Kier molecular flexibility index (Phi) is 7.71. The van der Waals surface area contributed by atoms with Crippen molar-refractivity contribution in [2.45, 2.75) is 71.9 Å². The van der Waals surface area contributed by atoms with E-state index in [1.807, 2.05) is 6.20 Å². The number of carbonyl (C=O) groups is 1. The SMILES string of the molecule is CCNC(=NCc1cnc(CC(C)C)s1)NC1CCN(C(=O)C2CCCC2)C1. The zero-order chi connectivity index (χ0) is 19.9. The van der Waals surface area contributed by atoms with Gasteiger partial charge in [-0.05, 0) is 32.1 Å². The van der Waals surface area contributed by atoms with Gasteiger partial charge in [0.2, 0.25) is 5.91 Å². The summed E-state index contributed by atoms with van der Waals surface area (Å²) < 4.78 is 0. The smallest absolute Gasteiger partial charge is 0.225 e. The number of thiazole rings is 1. The van der Waals surface area contributed by atoms with Gasteiger partial charge in [-0.3, -0.25) is 4.79 Å². The van der Waals surface area contributed by atoms with Crippen LogP contribution in [-0.2, 0) is 17.8 Å². The minimum absolute atomic E-state index is 0.270. The van der Waals surface area contributed by atoms with Gasteiger partial charge in [0, 0.05) is 49.1 Å². The van der Waals surface area contributed by atoms with E-state index in [0.29, 0.717) is 18.4 Å². The highest BCUT2D eigenvalue weighted by atomic mass is 32.1. The molecule has 2 fully saturated rings. The van der Waals surface area contributed by atoms with Gasteiger partial charge in [-0.1, -0.05) is 26.7 Å². The van der Waals surface area contributed by atoms with E-state index in [2.05, 4.69) is 41.3 Å². The lowest BCUT2D eigenvalue weighted by Crippen LogP contribution is -2.45. The Morgan fingerprint density at radius 2 is 2.14 bits per heavy atom. The number of aliphatic imine (C=N–C) groups is 1. The Morgan fingerprint density at radius 1 is 1.36 bits per heavy atom. The quantitative estimate of drug-likeness (QED) is 0.540. The first kappa shape index (κ1) is 21.1. The van der Waals surface area contributed by atoms with Crippen LogP contribution in [0.2, 0.25) is 0 Å². The lowest BCUT2D eigenvalue weighted by Gasteiger charge is -2.21. The number of hydrogen-bond acceptors (Lipinski definition) is 4. The Morgan fingerprint density at radius 3 is 2.86 bits per heavy atom. The van der Waals surface area contributed by atoms with E-state index in [4.69, 9.17) is 4.99 Å². The standard InChI is InChI=1S/C21H35N5OS/c1-4-22-21(24-13-18-12-23-19(28-18)11-15(2)3)25-17-9-10-26(14-17)20(27)16-7-5-6-8-16/h12,15-17H,4-11,13-14H2,1-3H3,(H2,22,24,25). The molecule has 0 radical (unpaired) electrons. The summed E-state index contributed by atoms with van der Waals surface area (Å²) in [4.78, 5) is 25.2. The monoisotopic (exact) mass is 405 g/mol. The van der Waals surface area contributed by atoms with Gasteiger partial charge in [-0.25, -0.2) is 9.98 Å². The van der Waals surface area contributed by atoms with Gasteiger partial charge in [0.1, 0.15) is 0 Å². The molecule has 1 aromatic rings. The summed E-state index contributed by atoms with van der Waals surface area (Å²) in [5.41, 5.74) is 0. The summed E-state index contributed by atoms with van der Waals surface area (Å²) in [7, 11) is 0. The van der Waals surface area contributed by atoms with Gasteiger partial charge in [-0.2, -0.15) is 0 Å². The fourth-order valence-electron chi connectivity index (χ4n) is 4.04. The number of carbonyl (C=O) groups excluding carboxylic acids is 1. The number of likely N-dealkylation sites (tertiary alicyclic amines) is 1. The molecule has 1 unspecified atom stereocenters. The van der Waals surface area contributed by atoms with Crippen LogP contribution in [0.5, 0.6) is 0 Å². The second kappa shape index (κ2) is 10.2. The molecule has 3 rings (SSSR count). The zero-order valence-corrected chi connectivity index (χ0v) is 18.4. The van der Waals surface area contributed by atoms with Crippen molar-refractivity contribution >= 4 is 23.2 Å². The van der Waals surface area contributed by atoms with Gasteiger partial charge >= 0.3 is 0 Å². The zero-order valence-electron chi connectivity index (χ0n) is 17.5. The van der Waals surface area contributed by atoms with Crippen LogP contribution in [0.25, 0.3) is 0 Å². The first-order valence-corrected chi connectivity index (χ1v) is 11.6. The maximum Gasteiger partial charge on any atom is 0.225 e. The first-order valence-electron chi connectivity index (χ1n) is 10.8. The topological polar surface area (TPSA) is 69.6 Å². The van der Waals surface area contributed by atoms with E-state index in [-0.39, 0.29) is 12.0 Å². The average molecular weight is 406 g/mol. The summed E-state index contributed by atoms with van der Waals surface area (Å²) in [6, 6.07) is 0.279. The molecule has 1 saturated carbocycles. The molecule has 28 heavy (non-hydrogen) atoms. The van der Waals surface area contributed by atoms with Crippen molar-refractivity contribution in [1.29, 1.82) is 0 Å². The summed E-state index contributed by atoms with van der Waals surface area (Å²) in [5.74, 6) is 2.10. The maximum atomic E-state index is 12.6. The molecule has 2 N–H and O–H groups in total. The van der Waals surface area contributed by atoms with E-state index in [9.17, 15) is 4.79 Å². The average Bonchev–Trinajstić information content (AvgIpc) is 3.41. The fraction of sp³-hybridized carbons (Fsp3) is 0.762. The second-order valence-electron chi connectivity index (χ2n) is 8.41. The third-order valence-electron chi connectivity index (χ3n) is 5.47. The predicted octanol–water partition coefficient (Wildman–Crippen LogP) is 3.19. The maximum absolute atomic E-state index is 12.6. The van der Waals surface area contributed by atoms with E-state index >= 15 is 0 Å². The second-order valence-corrected chi connectivity index (χ2v) is 9.61. The van der Waals surface area contributed by atoms with Gasteiger partial charge < -0.3 is 15.5 Å². The molecule has 1 aliphatic carbocycles. The van der Waals surface area contributed by atoms with E-state index < -0.39 is 0 Å². The number of amides is 1.